The van der Waals surface area contributed by atoms with Crippen molar-refractivity contribution in [1.82, 2.24) is 14.8 Å². The van der Waals surface area contributed by atoms with Crippen LogP contribution in [0.2, 0.25) is 0 Å². The molecule has 2 atom stereocenters. The molecular formula is C21H21N5O2S. The molecule has 0 bridgehead atoms. The molecule has 0 radical (unpaired) electrons. The molecule has 0 saturated heterocycles. The number of nitrogens with zero attached hydrogens (tertiary/aromatic N) is 3. The van der Waals surface area contributed by atoms with Crippen molar-refractivity contribution < 1.29 is 9.59 Å². The summed E-state index contributed by atoms with van der Waals surface area (Å²) >= 11 is 1.31. The minimum atomic E-state index is -0.580. The lowest BCUT2D eigenvalue weighted by Gasteiger charge is -2.08. The number of para-hydroxylation sites is 1. The Morgan fingerprint density at radius 1 is 1.10 bits per heavy atom. The number of hydrogen-bond donors (Lipinski definition) is 2. The zero-order chi connectivity index (χ0) is 20.4. The van der Waals surface area contributed by atoms with Crippen LogP contribution in [0.4, 0.5) is 5.69 Å². The van der Waals surface area contributed by atoms with Crippen LogP contribution in [0.1, 0.15) is 40.0 Å². The van der Waals surface area contributed by atoms with Crippen LogP contribution >= 0.6 is 11.8 Å². The van der Waals surface area contributed by atoms with Crippen molar-refractivity contribution in [2.45, 2.75) is 23.4 Å². The number of carbonyl (C=O) groups is 2. The highest BCUT2D eigenvalue weighted by Gasteiger charge is 2.42. The van der Waals surface area contributed by atoms with E-state index in [1.807, 2.05) is 17.7 Å². The fourth-order valence-corrected chi connectivity index (χ4v) is 4.17. The molecular weight excluding hydrogens is 386 g/mol. The van der Waals surface area contributed by atoms with E-state index in [-0.39, 0.29) is 17.2 Å². The molecule has 4 rings (SSSR count). The fraction of sp³-hybridized carbons (Fsp3) is 0.238. The van der Waals surface area contributed by atoms with Gasteiger partial charge >= 0.3 is 0 Å². The van der Waals surface area contributed by atoms with Crippen LogP contribution in [0.25, 0.3) is 0 Å². The van der Waals surface area contributed by atoms with Gasteiger partial charge in [-0.05, 0) is 30.0 Å². The SMILES string of the molecule is Cn1c(SCC(=O)Nc2ccccc2C(N)=O)nnc1C1CC1c1ccccc1. The van der Waals surface area contributed by atoms with E-state index in [1.165, 1.54) is 17.3 Å². The van der Waals surface area contributed by atoms with Crippen molar-refractivity contribution in [3.8, 4) is 0 Å². The highest BCUT2D eigenvalue weighted by Crippen LogP contribution is 2.54. The number of aromatic nitrogens is 3. The number of anilines is 1. The van der Waals surface area contributed by atoms with E-state index in [2.05, 4.69) is 39.8 Å². The van der Waals surface area contributed by atoms with Crippen LogP contribution in [0.5, 0.6) is 0 Å². The number of amides is 2. The smallest absolute Gasteiger partial charge is 0.250 e. The van der Waals surface area contributed by atoms with Gasteiger partial charge in [-0.3, -0.25) is 9.59 Å². The highest BCUT2D eigenvalue weighted by atomic mass is 32.2. The first kappa shape index (κ1) is 19.2. The summed E-state index contributed by atoms with van der Waals surface area (Å²) in [6, 6.07) is 17.1. The third kappa shape index (κ3) is 4.17. The van der Waals surface area contributed by atoms with Gasteiger partial charge in [-0.2, -0.15) is 0 Å². The lowest BCUT2D eigenvalue weighted by Crippen LogP contribution is -2.19. The summed E-state index contributed by atoms with van der Waals surface area (Å²) in [6.07, 6.45) is 1.06. The summed E-state index contributed by atoms with van der Waals surface area (Å²) in [5.41, 5.74) is 7.36. The summed E-state index contributed by atoms with van der Waals surface area (Å²) < 4.78 is 1.96. The van der Waals surface area contributed by atoms with Gasteiger partial charge in [0.15, 0.2) is 5.16 Å². The molecule has 1 aliphatic carbocycles. The number of rotatable bonds is 7. The second kappa shape index (κ2) is 8.08. The molecule has 2 unspecified atom stereocenters. The van der Waals surface area contributed by atoms with Gasteiger partial charge in [0, 0.05) is 13.0 Å². The van der Waals surface area contributed by atoms with E-state index in [4.69, 9.17) is 5.73 Å². The molecule has 29 heavy (non-hydrogen) atoms. The Morgan fingerprint density at radius 2 is 1.83 bits per heavy atom. The quantitative estimate of drug-likeness (QED) is 0.586. The molecule has 2 amide bonds. The van der Waals surface area contributed by atoms with Gasteiger partial charge in [0.05, 0.1) is 17.0 Å². The molecule has 7 nitrogen and oxygen atoms in total. The number of nitrogens with one attached hydrogen (secondary N) is 1. The van der Waals surface area contributed by atoms with Gasteiger partial charge < -0.3 is 15.6 Å². The van der Waals surface area contributed by atoms with Crippen LogP contribution in [-0.2, 0) is 11.8 Å². The van der Waals surface area contributed by atoms with Crippen molar-refractivity contribution in [1.29, 1.82) is 0 Å². The lowest BCUT2D eigenvalue weighted by molar-refractivity contribution is -0.113. The molecule has 3 aromatic rings. The van der Waals surface area contributed by atoms with Crippen LogP contribution in [0.3, 0.4) is 0 Å². The molecule has 1 saturated carbocycles. The molecule has 1 fully saturated rings. The van der Waals surface area contributed by atoms with E-state index >= 15 is 0 Å². The molecule has 0 spiro atoms. The first-order valence-electron chi connectivity index (χ1n) is 9.30. The topological polar surface area (TPSA) is 103 Å². The second-order valence-corrected chi connectivity index (χ2v) is 7.95. The Labute approximate surface area is 172 Å². The molecule has 2 aromatic carbocycles. The monoisotopic (exact) mass is 407 g/mol. The Bertz CT molecular complexity index is 1050. The normalized spacial score (nSPS) is 17.7. The predicted octanol–water partition coefficient (Wildman–Crippen LogP) is 2.92. The number of hydrogen-bond acceptors (Lipinski definition) is 5. The largest absolute Gasteiger partial charge is 0.366 e. The van der Waals surface area contributed by atoms with Crippen LogP contribution in [-0.4, -0.2) is 32.3 Å². The van der Waals surface area contributed by atoms with E-state index in [0.717, 1.165) is 12.2 Å². The average molecular weight is 407 g/mol. The van der Waals surface area contributed by atoms with Gasteiger partial charge in [0.1, 0.15) is 5.82 Å². The van der Waals surface area contributed by atoms with Gasteiger partial charge in [0.25, 0.3) is 5.91 Å². The predicted molar refractivity (Wildman–Crippen MR) is 112 cm³/mol. The molecule has 1 heterocycles. The first-order chi connectivity index (χ1) is 14.0. The minimum absolute atomic E-state index is 0.159. The minimum Gasteiger partial charge on any atom is -0.366 e. The standard InChI is InChI=1S/C21H21N5O2S/c1-26-20(16-11-15(16)13-7-3-2-4-8-13)24-25-21(26)29-12-18(27)23-17-10-6-5-9-14(17)19(22)28/h2-10,15-16H,11-12H2,1H3,(H2,22,28)(H,23,27). The van der Waals surface area contributed by atoms with Crippen LogP contribution in [0.15, 0.2) is 59.8 Å². The molecule has 148 valence electrons. The molecule has 3 N–H and O–H groups in total. The lowest BCUT2D eigenvalue weighted by atomic mass is 10.1. The summed E-state index contributed by atoms with van der Waals surface area (Å²) in [7, 11) is 1.93. The van der Waals surface area contributed by atoms with E-state index in [1.54, 1.807) is 24.3 Å². The Balaban J connectivity index is 1.37. The van der Waals surface area contributed by atoms with Crippen molar-refractivity contribution in [3.63, 3.8) is 0 Å². The zero-order valence-corrected chi connectivity index (χ0v) is 16.7. The van der Waals surface area contributed by atoms with E-state index < -0.39 is 5.91 Å². The van der Waals surface area contributed by atoms with Gasteiger partial charge in [0.2, 0.25) is 5.91 Å². The summed E-state index contributed by atoms with van der Waals surface area (Å²) in [4.78, 5) is 23.8. The maximum Gasteiger partial charge on any atom is 0.250 e. The number of nitrogens with two attached hydrogens (primary N) is 1. The Morgan fingerprint density at radius 3 is 2.59 bits per heavy atom. The number of carbonyl (C=O) groups excluding carboxylic acids is 2. The molecule has 0 aliphatic heterocycles. The molecule has 8 heteroatoms. The third-order valence-corrected chi connectivity index (χ3v) is 6.04. The molecule has 1 aromatic heterocycles. The van der Waals surface area contributed by atoms with Crippen molar-refractivity contribution in [2.24, 2.45) is 12.8 Å². The van der Waals surface area contributed by atoms with Gasteiger partial charge in [-0.15, -0.1) is 10.2 Å². The number of primary amides is 1. The Hall–Kier alpha value is -3.13. The van der Waals surface area contributed by atoms with Crippen molar-refractivity contribution in [3.05, 3.63) is 71.5 Å². The average Bonchev–Trinajstić information content (AvgIpc) is 3.43. The number of benzene rings is 2. The van der Waals surface area contributed by atoms with Crippen LogP contribution in [0, 0.1) is 0 Å². The van der Waals surface area contributed by atoms with E-state index in [9.17, 15) is 9.59 Å². The highest BCUT2D eigenvalue weighted by molar-refractivity contribution is 7.99. The first-order valence-corrected chi connectivity index (χ1v) is 10.3. The van der Waals surface area contributed by atoms with Gasteiger partial charge in [-0.1, -0.05) is 54.2 Å². The van der Waals surface area contributed by atoms with Crippen molar-refractivity contribution >= 4 is 29.3 Å². The maximum atomic E-state index is 12.3. The fourth-order valence-electron chi connectivity index (χ4n) is 3.45. The second-order valence-electron chi connectivity index (χ2n) is 7.01. The zero-order valence-electron chi connectivity index (χ0n) is 15.9. The summed E-state index contributed by atoms with van der Waals surface area (Å²) in [6.45, 7) is 0. The summed E-state index contributed by atoms with van der Waals surface area (Å²) in [5.74, 6) is 1.13. The Kier molecular flexibility index (Phi) is 5.35. The molecule has 1 aliphatic rings. The van der Waals surface area contributed by atoms with E-state index in [0.29, 0.717) is 22.7 Å². The van der Waals surface area contributed by atoms with Crippen LogP contribution < -0.4 is 11.1 Å². The van der Waals surface area contributed by atoms with Gasteiger partial charge in [-0.25, -0.2) is 0 Å². The maximum absolute atomic E-state index is 12.3. The summed E-state index contributed by atoms with van der Waals surface area (Å²) in [5, 5.41) is 12.0. The number of thioether (sulfide) groups is 1. The van der Waals surface area contributed by atoms with Crippen molar-refractivity contribution in [2.75, 3.05) is 11.1 Å². The third-order valence-electron chi connectivity index (χ3n) is 5.02.